The van der Waals surface area contributed by atoms with Crippen LogP contribution in [0.25, 0.3) is 0 Å². The van der Waals surface area contributed by atoms with E-state index in [4.69, 9.17) is 4.52 Å². The van der Waals surface area contributed by atoms with Crippen LogP contribution in [0, 0.1) is 19.8 Å². The third-order valence-corrected chi connectivity index (χ3v) is 9.12. The number of carbonyl (C=O) groups excluding carboxylic acids is 1. The molecule has 1 amide bonds. The van der Waals surface area contributed by atoms with Crippen LogP contribution in [0.3, 0.4) is 0 Å². The highest BCUT2D eigenvalue weighted by Crippen LogP contribution is 2.28. The largest absolute Gasteiger partial charge is 0.360 e. The Hall–Kier alpha value is -2.28. The number of benzene rings is 1. The maximum absolute atomic E-state index is 13.1. The van der Waals surface area contributed by atoms with Gasteiger partial charge in [0.1, 0.15) is 10.6 Å². The molecule has 31 heavy (non-hydrogen) atoms. The summed E-state index contributed by atoms with van der Waals surface area (Å²) in [5.74, 6) is -0.723. The number of aromatic nitrogens is 1. The summed E-state index contributed by atoms with van der Waals surface area (Å²) < 4.78 is 58.1. The molecule has 0 bridgehead atoms. The Kier molecular flexibility index (Phi) is 6.56. The van der Waals surface area contributed by atoms with E-state index in [2.05, 4.69) is 10.5 Å². The standard InChI is InChI=1S/C19H26N4O6S2/c1-13-18(14(2)29-21-13)31(27,28)23-10-6-7-15(12-23)19(24)20-16-8-5-9-17(11-16)30(25,26)22(3)4/h5,8-9,11,15H,6-7,10,12H2,1-4H3,(H,20,24). The lowest BCUT2D eigenvalue weighted by atomic mass is 9.99. The average Bonchev–Trinajstić information content (AvgIpc) is 3.07. The van der Waals surface area contributed by atoms with Crippen molar-refractivity contribution in [1.82, 2.24) is 13.8 Å². The Labute approximate surface area is 182 Å². The molecule has 2 heterocycles. The Balaban J connectivity index is 1.77. The van der Waals surface area contributed by atoms with Gasteiger partial charge in [0, 0.05) is 32.9 Å². The molecule has 1 fully saturated rings. The van der Waals surface area contributed by atoms with Gasteiger partial charge in [-0.25, -0.2) is 21.1 Å². The van der Waals surface area contributed by atoms with E-state index in [1.165, 1.54) is 37.5 Å². The molecule has 10 nitrogen and oxygen atoms in total. The van der Waals surface area contributed by atoms with Crippen molar-refractivity contribution in [1.29, 1.82) is 0 Å². The molecular weight excluding hydrogens is 444 g/mol. The van der Waals surface area contributed by atoms with Gasteiger partial charge >= 0.3 is 0 Å². The van der Waals surface area contributed by atoms with Gasteiger partial charge < -0.3 is 9.84 Å². The van der Waals surface area contributed by atoms with E-state index in [0.717, 1.165) is 4.31 Å². The van der Waals surface area contributed by atoms with E-state index < -0.39 is 26.0 Å². The zero-order valence-electron chi connectivity index (χ0n) is 17.8. The fraction of sp³-hybridized carbons (Fsp3) is 0.474. The molecule has 0 spiro atoms. The van der Waals surface area contributed by atoms with Crippen LogP contribution in [-0.2, 0) is 24.8 Å². The molecule has 1 saturated heterocycles. The summed E-state index contributed by atoms with van der Waals surface area (Å²) >= 11 is 0. The number of hydrogen-bond acceptors (Lipinski definition) is 7. The van der Waals surface area contributed by atoms with Crippen LogP contribution in [-0.4, -0.2) is 63.7 Å². The smallest absolute Gasteiger partial charge is 0.248 e. The number of rotatable bonds is 6. The molecule has 2 aromatic rings. The molecule has 1 N–H and O–H groups in total. The molecule has 3 rings (SSSR count). The van der Waals surface area contributed by atoms with Crippen molar-refractivity contribution in [3.8, 4) is 0 Å². The van der Waals surface area contributed by atoms with Crippen molar-refractivity contribution in [2.45, 2.75) is 36.5 Å². The minimum Gasteiger partial charge on any atom is -0.360 e. The highest BCUT2D eigenvalue weighted by atomic mass is 32.2. The third kappa shape index (κ3) is 4.66. The van der Waals surface area contributed by atoms with Crippen LogP contribution in [0.1, 0.15) is 24.3 Å². The van der Waals surface area contributed by atoms with Gasteiger partial charge in [-0.05, 0) is 44.9 Å². The highest BCUT2D eigenvalue weighted by molar-refractivity contribution is 7.89. The lowest BCUT2D eigenvalue weighted by molar-refractivity contribution is -0.120. The Morgan fingerprint density at radius 1 is 1.23 bits per heavy atom. The Morgan fingerprint density at radius 2 is 1.94 bits per heavy atom. The fourth-order valence-corrected chi connectivity index (χ4v) is 6.30. The lowest BCUT2D eigenvalue weighted by Gasteiger charge is -2.31. The van der Waals surface area contributed by atoms with Crippen LogP contribution in [0.2, 0.25) is 0 Å². The number of hydrogen-bond donors (Lipinski definition) is 1. The molecule has 1 aliphatic rings. The van der Waals surface area contributed by atoms with Gasteiger partial charge in [-0.3, -0.25) is 4.79 Å². The van der Waals surface area contributed by atoms with E-state index in [9.17, 15) is 21.6 Å². The van der Waals surface area contributed by atoms with Crippen molar-refractivity contribution >= 4 is 31.6 Å². The van der Waals surface area contributed by atoms with Gasteiger partial charge in [0.05, 0.1) is 10.8 Å². The van der Waals surface area contributed by atoms with Crippen molar-refractivity contribution in [3.05, 3.63) is 35.7 Å². The first kappa shape index (κ1) is 23.4. The fourth-order valence-electron chi connectivity index (χ4n) is 3.54. The van der Waals surface area contributed by atoms with Crippen LogP contribution in [0.5, 0.6) is 0 Å². The number of nitrogens with one attached hydrogen (secondary N) is 1. The third-order valence-electron chi connectivity index (χ3n) is 5.20. The number of nitrogens with zero attached hydrogens (tertiary/aromatic N) is 3. The van der Waals surface area contributed by atoms with E-state index in [1.807, 2.05) is 0 Å². The maximum Gasteiger partial charge on any atom is 0.248 e. The molecule has 1 aromatic carbocycles. The maximum atomic E-state index is 13.1. The zero-order valence-corrected chi connectivity index (χ0v) is 19.5. The number of amides is 1. The van der Waals surface area contributed by atoms with Crippen LogP contribution in [0.15, 0.2) is 38.6 Å². The predicted molar refractivity (Wildman–Crippen MR) is 113 cm³/mol. The summed E-state index contributed by atoms with van der Waals surface area (Å²) in [6.45, 7) is 3.42. The quantitative estimate of drug-likeness (QED) is 0.678. The van der Waals surface area contributed by atoms with E-state index in [-0.39, 0.29) is 33.7 Å². The summed E-state index contributed by atoms with van der Waals surface area (Å²) in [5.41, 5.74) is 0.613. The van der Waals surface area contributed by atoms with E-state index in [0.29, 0.717) is 25.1 Å². The van der Waals surface area contributed by atoms with Crippen molar-refractivity contribution in [3.63, 3.8) is 0 Å². The lowest BCUT2D eigenvalue weighted by Crippen LogP contribution is -2.43. The number of piperidine rings is 1. The number of carbonyl (C=O) groups is 1. The Bertz CT molecular complexity index is 1170. The molecular formula is C19H26N4O6S2. The van der Waals surface area contributed by atoms with Gasteiger partial charge in [-0.2, -0.15) is 4.31 Å². The molecule has 0 aliphatic carbocycles. The van der Waals surface area contributed by atoms with Gasteiger partial charge in [-0.1, -0.05) is 11.2 Å². The normalized spacial score (nSPS) is 18.3. The first-order valence-corrected chi connectivity index (χ1v) is 12.6. The highest BCUT2D eigenvalue weighted by Gasteiger charge is 2.36. The molecule has 170 valence electrons. The van der Waals surface area contributed by atoms with Gasteiger partial charge in [0.25, 0.3) is 0 Å². The molecule has 1 aromatic heterocycles. The number of anilines is 1. The summed E-state index contributed by atoms with van der Waals surface area (Å²) in [6, 6.07) is 5.97. The first-order chi connectivity index (χ1) is 14.4. The molecule has 0 radical (unpaired) electrons. The summed E-state index contributed by atoms with van der Waals surface area (Å²) in [7, 11) is -4.63. The van der Waals surface area contributed by atoms with Crippen LogP contribution >= 0.6 is 0 Å². The van der Waals surface area contributed by atoms with Gasteiger partial charge in [-0.15, -0.1) is 0 Å². The van der Waals surface area contributed by atoms with E-state index >= 15 is 0 Å². The second-order valence-corrected chi connectivity index (χ2v) is 11.7. The topological polar surface area (TPSA) is 130 Å². The Morgan fingerprint density at radius 3 is 2.55 bits per heavy atom. The average molecular weight is 471 g/mol. The minimum absolute atomic E-state index is 0.0217. The molecule has 12 heteroatoms. The minimum atomic E-state index is -3.84. The van der Waals surface area contributed by atoms with Crippen molar-refractivity contribution in [2.24, 2.45) is 5.92 Å². The first-order valence-electron chi connectivity index (χ1n) is 9.71. The number of sulfonamides is 2. The van der Waals surface area contributed by atoms with Crippen molar-refractivity contribution < 1.29 is 26.2 Å². The summed E-state index contributed by atoms with van der Waals surface area (Å²) in [6.07, 6.45) is 1.05. The molecule has 1 unspecified atom stereocenters. The number of aryl methyl sites for hydroxylation is 2. The van der Waals surface area contributed by atoms with Gasteiger partial charge in [0.15, 0.2) is 5.76 Å². The van der Waals surface area contributed by atoms with Crippen LogP contribution < -0.4 is 5.32 Å². The monoisotopic (exact) mass is 470 g/mol. The SMILES string of the molecule is Cc1noc(C)c1S(=O)(=O)N1CCCC(C(=O)Nc2cccc(S(=O)(=O)N(C)C)c2)C1. The second kappa shape index (κ2) is 8.69. The molecule has 0 saturated carbocycles. The summed E-state index contributed by atoms with van der Waals surface area (Å²) in [4.78, 5) is 12.9. The van der Waals surface area contributed by atoms with Gasteiger partial charge in [0.2, 0.25) is 26.0 Å². The molecule has 1 atom stereocenters. The zero-order chi connectivity index (χ0) is 23.0. The van der Waals surface area contributed by atoms with Crippen LogP contribution in [0.4, 0.5) is 5.69 Å². The van der Waals surface area contributed by atoms with E-state index in [1.54, 1.807) is 19.1 Å². The summed E-state index contributed by atoms with van der Waals surface area (Å²) in [5, 5.41) is 6.43. The van der Waals surface area contributed by atoms with Crippen molar-refractivity contribution in [2.75, 3.05) is 32.5 Å². The second-order valence-electron chi connectivity index (χ2n) is 7.66. The predicted octanol–water partition coefficient (Wildman–Crippen LogP) is 1.58. The molecule has 1 aliphatic heterocycles.